The number of carbonyl (C=O) groups excluding carboxylic acids is 3. The number of nitrogens with one attached hydrogen (secondary N) is 3. The average molecular weight is 438 g/mol. The van der Waals surface area contributed by atoms with E-state index in [9.17, 15) is 22.8 Å². The van der Waals surface area contributed by atoms with Crippen LogP contribution in [-0.2, 0) is 24.3 Å². The molecule has 0 saturated carbocycles. The summed E-state index contributed by atoms with van der Waals surface area (Å²) in [6.45, 7) is 4.07. The van der Waals surface area contributed by atoms with E-state index in [4.69, 9.17) is 4.52 Å². The maximum Gasteiger partial charge on any atom is 0.325 e. The van der Waals surface area contributed by atoms with Crippen LogP contribution in [0.5, 0.6) is 0 Å². The summed E-state index contributed by atoms with van der Waals surface area (Å²) < 4.78 is 36.5. The number of aryl methyl sites for hydroxylation is 2. The van der Waals surface area contributed by atoms with Crippen LogP contribution in [0.2, 0.25) is 0 Å². The lowest BCUT2D eigenvalue weighted by atomic mass is 10.2. The minimum absolute atomic E-state index is 0.107. The molecule has 1 atom stereocenters. The molecule has 1 aromatic carbocycles. The first-order valence-corrected chi connectivity index (χ1v) is 10.2. The van der Waals surface area contributed by atoms with E-state index < -0.39 is 33.8 Å². The Hall–Kier alpha value is -3.25. The first kappa shape index (κ1) is 23.0. The number of rotatable bonds is 8. The molecule has 0 bridgehead atoms. The van der Waals surface area contributed by atoms with Gasteiger partial charge in [0.05, 0.1) is 13.2 Å². The van der Waals surface area contributed by atoms with E-state index in [1.165, 1.54) is 52.1 Å². The number of hydrogen-bond acceptors (Lipinski definition) is 8. The summed E-state index contributed by atoms with van der Waals surface area (Å²) >= 11 is 0. The Balaban J connectivity index is 1.98. The normalized spacial score (nSPS) is 12.1. The Morgan fingerprint density at radius 2 is 1.80 bits per heavy atom. The zero-order valence-electron chi connectivity index (χ0n) is 16.8. The maximum absolute atomic E-state index is 12.5. The van der Waals surface area contributed by atoms with Crippen molar-refractivity contribution >= 4 is 33.5 Å². The van der Waals surface area contributed by atoms with Gasteiger partial charge in [-0.2, -0.15) is 4.72 Å². The molecular formula is C18H22N4O7S. The van der Waals surface area contributed by atoms with Gasteiger partial charge in [0.1, 0.15) is 17.1 Å². The van der Waals surface area contributed by atoms with Crippen LogP contribution >= 0.6 is 0 Å². The quantitative estimate of drug-likeness (QED) is 0.503. The zero-order chi connectivity index (χ0) is 22.5. The van der Waals surface area contributed by atoms with Crippen molar-refractivity contribution in [2.75, 3.05) is 19.0 Å². The Morgan fingerprint density at radius 3 is 2.33 bits per heavy atom. The van der Waals surface area contributed by atoms with Crippen molar-refractivity contribution in [3.63, 3.8) is 0 Å². The maximum atomic E-state index is 12.5. The third kappa shape index (κ3) is 5.64. The average Bonchev–Trinajstić information content (AvgIpc) is 3.04. The van der Waals surface area contributed by atoms with Gasteiger partial charge in [0, 0.05) is 11.3 Å². The summed E-state index contributed by atoms with van der Waals surface area (Å²) in [6.07, 6.45) is 0. The Bertz CT molecular complexity index is 1030. The van der Waals surface area contributed by atoms with Gasteiger partial charge in [-0.3, -0.25) is 14.4 Å². The molecule has 0 fully saturated rings. The number of benzene rings is 1. The van der Waals surface area contributed by atoms with Gasteiger partial charge in [0.25, 0.3) is 5.91 Å². The number of anilines is 1. The number of esters is 1. The highest BCUT2D eigenvalue weighted by atomic mass is 32.2. The van der Waals surface area contributed by atoms with Crippen molar-refractivity contribution in [3.05, 3.63) is 41.3 Å². The highest BCUT2D eigenvalue weighted by Gasteiger charge is 2.28. The molecule has 12 heteroatoms. The van der Waals surface area contributed by atoms with Crippen molar-refractivity contribution in [2.45, 2.75) is 31.7 Å². The molecule has 0 saturated heterocycles. The van der Waals surface area contributed by atoms with Gasteiger partial charge < -0.3 is 19.9 Å². The van der Waals surface area contributed by atoms with Crippen LogP contribution in [0.25, 0.3) is 0 Å². The predicted molar refractivity (Wildman–Crippen MR) is 105 cm³/mol. The first-order chi connectivity index (χ1) is 14.0. The van der Waals surface area contributed by atoms with E-state index in [2.05, 4.69) is 25.2 Å². The number of amides is 2. The van der Waals surface area contributed by atoms with E-state index in [-0.39, 0.29) is 28.5 Å². The van der Waals surface area contributed by atoms with E-state index in [0.29, 0.717) is 5.69 Å². The van der Waals surface area contributed by atoms with Crippen molar-refractivity contribution in [2.24, 2.45) is 0 Å². The molecule has 162 valence electrons. The topological polar surface area (TPSA) is 157 Å². The molecule has 0 aliphatic carbocycles. The fourth-order valence-corrected chi connectivity index (χ4v) is 4.02. The lowest BCUT2D eigenvalue weighted by Gasteiger charge is -2.14. The molecular weight excluding hydrogens is 416 g/mol. The molecule has 1 aromatic heterocycles. The highest BCUT2D eigenvalue weighted by molar-refractivity contribution is 7.89. The van der Waals surface area contributed by atoms with Gasteiger partial charge in [0.2, 0.25) is 15.9 Å². The Labute approximate surface area is 173 Å². The Morgan fingerprint density at radius 1 is 1.17 bits per heavy atom. The van der Waals surface area contributed by atoms with Crippen molar-refractivity contribution < 1.29 is 32.1 Å². The van der Waals surface area contributed by atoms with Crippen LogP contribution in [-0.4, -0.2) is 51.1 Å². The molecule has 11 nitrogen and oxygen atoms in total. The molecule has 0 spiro atoms. The molecule has 0 aliphatic rings. The highest BCUT2D eigenvalue weighted by Crippen LogP contribution is 2.19. The third-order valence-corrected chi connectivity index (χ3v) is 5.78. The molecule has 2 aromatic rings. The molecule has 0 aliphatic heterocycles. The smallest absolute Gasteiger partial charge is 0.325 e. The summed E-state index contributed by atoms with van der Waals surface area (Å²) in [4.78, 5) is 35.2. The fourth-order valence-electron chi connectivity index (χ4n) is 2.49. The molecule has 1 heterocycles. The number of methoxy groups -OCH3 is 1. The van der Waals surface area contributed by atoms with E-state index in [1.54, 1.807) is 0 Å². The second-order valence-electron chi connectivity index (χ2n) is 6.32. The number of hydrogen-bond donors (Lipinski definition) is 3. The van der Waals surface area contributed by atoms with Gasteiger partial charge in [-0.1, -0.05) is 5.16 Å². The summed E-state index contributed by atoms with van der Waals surface area (Å²) in [5.41, 5.74) is 0.811. The minimum atomic E-state index is -4.01. The van der Waals surface area contributed by atoms with Crippen LogP contribution in [0, 0.1) is 13.8 Å². The van der Waals surface area contributed by atoms with Crippen LogP contribution in [0.15, 0.2) is 33.7 Å². The zero-order valence-corrected chi connectivity index (χ0v) is 17.6. The number of sulfonamides is 1. The van der Waals surface area contributed by atoms with Crippen LogP contribution < -0.4 is 15.4 Å². The molecule has 2 amide bonds. The predicted octanol–water partition coefficient (Wildman–Crippen LogP) is 0.500. The van der Waals surface area contributed by atoms with E-state index in [1.807, 2.05) is 0 Å². The standard InChI is InChI=1S/C18H22N4O7S/c1-10-16(12(3)29-21-10)30(26,27)22-11(2)17(24)20-14-7-5-13(6-8-14)18(25)19-9-15(23)28-4/h5-8,11,22H,9H2,1-4H3,(H,19,25)(H,20,24)/t11-/m0/s1. The van der Waals surface area contributed by atoms with Crippen molar-refractivity contribution in [3.8, 4) is 0 Å². The lowest BCUT2D eigenvalue weighted by molar-refractivity contribution is -0.139. The summed E-state index contributed by atoms with van der Waals surface area (Å²) in [5.74, 6) is -1.55. The number of ether oxygens (including phenoxy) is 1. The second kappa shape index (κ2) is 9.50. The largest absolute Gasteiger partial charge is 0.468 e. The number of nitrogens with zero attached hydrogens (tertiary/aromatic N) is 1. The molecule has 0 unspecified atom stereocenters. The number of carbonyl (C=O) groups is 3. The van der Waals surface area contributed by atoms with E-state index >= 15 is 0 Å². The van der Waals surface area contributed by atoms with Gasteiger partial charge in [-0.05, 0) is 45.0 Å². The summed E-state index contributed by atoms with van der Waals surface area (Å²) in [6, 6.07) is 4.75. The molecule has 30 heavy (non-hydrogen) atoms. The minimum Gasteiger partial charge on any atom is -0.468 e. The first-order valence-electron chi connectivity index (χ1n) is 8.76. The van der Waals surface area contributed by atoms with Crippen LogP contribution in [0.1, 0.15) is 28.7 Å². The fraction of sp³-hybridized carbons (Fsp3) is 0.333. The second-order valence-corrected chi connectivity index (χ2v) is 7.97. The third-order valence-electron chi connectivity index (χ3n) is 4.00. The molecule has 0 radical (unpaired) electrons. The number of aromatic nitrogens is 1. The van der Waals surface area contributed by atoms with Crippen LogP contribution in [0.3, 0.4) is 0 Å². The molecule has 3 N–H and O–H groups in total. The molecule has 2 rings (SSSR count). The van der Waals surface area contributed by atoms with Gasteiger partial charge in [-0.15, -0.1) is 0 Å². The van der Waals surface area contributed by atoms with Gasteiger partial charge in [-0.25, -0.2) is 8.42 Å². The Kier molecular flexibility index (Phi) is 7.29. The van der Waals surface area contributed by atoms with Crippen LogP contribution in [0.4, 0.5) is 5.69 Å². The van der Waals surface area contributed by atoms with E-state index in [0.717, 1.165) is 0 Å². The SMILES string of the molecule is COC(=O)CNC(=O)c1ccc(NC(=O)[C@H](C)NS(=O)(=O)c2c(C)noc2C)cc1. The van der Waals surface area contributed by atoms with Crippen molar-refractivity contribution in [1.29, 1.82) is 0 Å². The summed E-state index contributed by atoms with van der Waals surface area (Å²) in [7, 11) is -2.80. The van der Waals surface area contributed by atoms with Gasteiger partial charge >= 0.3 is 5.97 Å². The van der Waals surface area contributed by atoms with Gasteiger partial charge in [0.15, 0.2) is 5.76 Å². The lowest BCUT2D eigenvalue weighted by Crippen LogP contribution is -2.41. The monoisotopic (exact) mass is 438 g/mol. The summed E-state index contributed by atoms with van der Waals surface area (Å²) in [5, 5.41) is 8.54. The van der Waals surface area contributed by atoms with Crippen molar-refractivity contribution in [1.82, 2.24) is 15.2 Å².